The Balaban J connectivity index is 1.75. The van der Waals surface area contributed by atoms with Gasteiger partial charge in [0.05, 0.1) is 6.04 Å². The molecule has 0 unspecified atom stereocenters. The van der Waals surface area contributed by atoms with Crippen LogP contribution >= 0.6 is 0 Å². The fraction of sp³-hybridized carbons (Fsp3) is 0.333. The molecule has 1 N–H and O–H groups in total. The van der Waals surface area contributed by atoms with Gasteiger partial charge in [-0.2, -0.15) is 0 Å². The zero-order valence-electron chi connectivity index (χ0n) is 13.0. The fourth-order valence-corrected chi connectivity index (χ4v) is 3.16. The summed E-state index contributed by atoms with van der Waals surface area (Å²) in [5.41, 5.74) is 2.18. The minimum Gasteiger partial charge on any atom is -0.370 e. The SMILES string of the molecule is Cc1cccc(NC[C@@H]2CC(=O)N(C)[C@H]2c2ccccc2)n1. The van der Waals surface area contributed by atoms with Crippen molar-refractivity contribution in [3.8, 4) is 0 Å². The number of anilines is 1. The highest BCUT2D eigenvalue weighted by Gasteiger charge is 2.38. The first-order valence-electron chi connectivity index (χ1n) is 7.63. The molecule has 4 heteroatoms. The van der Waals surface area contributed by atoms with Gasteiger partial charge in [0, 0.05) is 31.6 Å². The molecule has 1 amide bonds. The molecule has 1 aromatic carbocycles. The summed E-state index contributed by atoms with van der Waals surface area (Å²) in [6.07, 6.45) is 0.578. The third kappa shape index (κ3) is 2.96. The van der Waals surface area contributed by atoms with Gasteiger partial charge in [0.1, 0.15) is 5.82 Å². The monoisotopic (exact) mass is 295 g/mol. The number of hydrogen-bond donors (Lipinski definition) is 1. The van der Waals surface area contributed by atoms with Crippen molar-refractivity contribution in [3.63, 3.8) is 0 Å². The van der Waals surface area contributed by atoms with E-state index in [0.717, 1.165) is 18.1 Å². The summed E-state index contributed by atoms with van der Waals surface area (Å²) in [6.45, 7) is 2.72. The molecule has 0 bridgehead atoms. The zero-order chi connectivity index (χ0) is 15.5. The number of pyridine rings is 1. The molecule has 2 heterocycles. The highest BCUT2D eigenvalue weighted by atomic mass is 16.2. The lowest BCUT2D eigenvalue weighted by Gasteiger charge is -2.25. The standard InChI is InChI=1S/C18H21N3O/c1-13-7-6-10-16(20-13)19-12-15-11-17(22)21(2)18(15)14-8-4-3-5-9-14/h3-10,15,18H,11-12H2,1-2H3,(H,19,20)/t15-,18-/m0/s1. The number of likely N-dealkylation sites (tertiary alicyclic amines) is 1. The summed E-state index contributed by atoms with van der Waals surface area (Å²) in [4.78, 5) is 18.4. The maximum atomic E-state index is 12.1. The van der Waals surface area contributed by atoms with Gasteiger partial charge in [-0.25, -0.2) is 4.98 Å². The van der Waals surface area contributed by atoms with E-state index in [1.54, 1.807) is 0 Å². The third-order valence-corrected chi connectivity index (χ3v) is 4.27. The molecule has 0 saturated carbocycles. The maximum Gasteiger partial charge on any atom is 0.223 e. The van der Waals surface area contributed by atoms with Crippen LogP contribution in [-0.2, 0) is 4.79 Å². The van der Waals surface area contributed by atoms with Gasteiger partial charge >= 0.3 is 0 Å². The van der Waals surface area contributed by atoms with E-state index in [-0.39, 0.29) is 17.9 Å². The van der Waals surface area contributed by atoms with E-state index in [2.05, 4.69) is 22.4 Å². The summed E-state index contributed by atoms with van der Waals surface area (Å²) in [5, 5.41) is 3.38. The molecule has 1 aromatic heterocycles. The molecule has 1 aliphatic rings. The molecular weight excluding hydrogens is 274 g/mol. The topological polar surface area (TPSA) is 45.2 Å². The van der Waals surface area contributed by atoms with E-state index in [1.807, 2.05) is 55.3 Å². The predicted molar refractivity (Wildman–Crippen MR) is 87.5 cm³/mol. The minimum absolute atomic E-state index is 0.131. The van der Waals surface area contributed by atoms with Gasteiger partial charge in [-0.3, -0.25) is 4.79 Å². The summed E-state index contributed by atoms with van der Waals surface area (Å²) < 4.78 is 0. The summed E-state index contributed by atoms with van der Waals surface area (Å²) >= 11 is 0. The van der Waals surface area contributed by atoms with Gasteiger partial charge < -0.3 is 10.2 Å². The van der Waals surface area contributed by atoms with Crippen LogP contribution in [0, 0.1) is 12.8 Å². The number of carbonyl (C=O) groups excluding carboxylic acids is 1. The van der Waals surface area contributed by atoms with Crippen LogP contribution in [0.2, 0.25) is 0 Å². The smallest absolute Gasteiger partial charge is 0.223 e. The van der Waals surface area contributed by atoms with Gasteiger partial charge in [-0.1, -0.05) is 36.4 Å². The zero-order valence-corrected chi connectivity index (χ0v) is 13.0. The second-order valence-electron chi connectivity index (χ2n) is 5.87. The Hall–Kier alpha value is -2.36. The van der Waals surface area contributed by atoms with Crippen LogP contribution in [0.5, 0.6) is 0 Å². The molecule has 1 fully saturated rings. The highest BCUT2D eigenvalue weighted by Crippen LogP contribution is 2.36. The minimum atomic E-state index is 0.131. The lowest BCUT2D eigenvalue weighted by atomic mass is 9.93. The van der Waals surface area contributed by atoms with Gasteiger partial charge in [-0.15, -0.1) is 0 Å². The van der Waals surface area contributed by atoms with Crippen molar-refractivity contribution in [3.05, 3.63) is 59.8 Å². The molecule has 1 aliphatic heterocycles. The first-order valence-corrected chi connectivity index (χ1v) is 7.63. The summed E-state index contributed by atoms with van der Waals surface area (Å²) in [5.74, 6) is 1.33. The number of aryl methyl sites for hydroxylation is 1. The molecule has 1 saturated heterocycles. The van der Waals surface area contributed by atoms with E-state index in [9.17, 15) is 4.79 Å². The van der Waals surface area contributed by atoms with Crippen LogP contribution in [0.3, 0.4) is 0 Å². The number of rotatable bonds is 4. The largest absolute Gasteiger partial charge is 0.370 e. The molecule has 3 rings (SSSR count). The van der Waals surface area contributed by atoms with Crippen molar-refractivity contribution in [1.29, 1.82) is 0 Å². The van der Waals surface area contributed by atoms with Gasteiger partial charge in [0.25, 0.3) is 0 Å². The van der Waals surface area contributed by atoms with Crippen LogP contribution < -0.4 is 5.32 Å². The van der Waals surface area contributed by atoms with Crippen LogP contribution in [-0.4, -0.2) is 29.4 Å². The average molecular weight is 295 g/mol. The molecule has 114 valence electrons. The number of benzene rings is 1. The first kappa shape index (κ1) is 14.6. The van der Waals surface area contributed by atoms with Crippen molar-refractivity contribution in [1.82, 2.24) is 9.88 Å². The normalized spacial score (nSPS) is 21.2. The van der Waals surface area contributed by atoms with Crippen LogP contribution in [0.25, 0.3) is 0 Å². The van der Waals surface area contributed by atoms with E-state index in [0.29, 0.717) is 6.42 Å². The van der Waals surface area contributed by atoms with Crippen molar-refractivity contribution >= 4 is 11.7 Å². The Bertz CT molecular complexity index is 656. The van der Waals surface area contributed by atoms with E-state index >= 15 is 0 Å². The molecule has 4 nitrogen and oxygen atoms in total. The van der Waals surface area contributed by atoms with Crippen LogP contribution in [0.15, 0.2) is 48.5 Å². The Kier molecular flexibility index (Phi) is 4.09. The van der Waals surface area contributed by atoms with Crippen molar-refractivity contribution in [2.24, 2.45) is 5.92 Å². The average Bonchev–Trinajstić information content (AvgIpc) is 2.81. The highest BCUT2D eigenvalue weighted by molar-refractivity contribution is 5.79. The van der Waals surface area contributed by atoms with Crippen molar-refractivity contribution in [2.45, 2.75) is 19.4 Å². The number of aromatic nitrogens is 1. The Labute approximate surface area is 131 Å². The lowest BCUT2D eigenvalue weighted by Crippen LogP contribution is -2.26. The van der Waals surface area contributed by atoms with E-state index in [4.69, 9.17) is 0 Å². The van der Waals surface area contributed by atoms with E-state index in [1.165, 1.54) is 5.56 Å². The molecule has 0 spiro atoms. The number of nitrogens with one attached hydrogen (secondary N) is 1. The Morgan fingerprint density at radius 3 is 2.68 bits per heavy atom. The Morgan fingerprint density at radius 1 is 1.18 bits per heavy atom. The van der Waals surface area contributed by atoms with E-state index < -0.39 is 0 Å². The predicted octanol–water partition coefficient (Wildman–Crippen LogP) is 3.02. The molecule has 22 heavy (non-hydrogen) atoms. The van der Waals surface area contributed by atoms with Crippen molar-refractivity contribution < 1.29 is 4.79 Å². The van der Waals surface area contributed by atoms with Gasteiger partial charge in [-0.05, 0) is 24.6 Å². The van der Waals surface area contributed by atoms with Crippen LogP contribution in [0.1, 0.15) is 23.7 Å². The number of hydrogen-bond acceptors (Lipinski definition) is 3. The second-order valence-corrected chi connectivity index (χ2v) is 5.87. The van der Waals surface area contributed by atoms with Gasteiger partial charge in [0.15, 0.2) is 0 Å². The number of carbonyl (C=O) groups is 1. The maximum absolute atomic E-state index is 12.1. The molecule has 2 atom stereocenters. The number of nitrogens with zero attached hydrogens (tertiary/aromatic N) is 2. The quantitative estimate of drug-likeness (QED) is 0.943. The van der Waals surface area contributed by atoms with Crippen molar-refractivity contribution in [2.75, 3.05) is 18.9 Å². The molecule has 0 aliphatic carbocycles. The van der Waals surface area contributed by atoms with Crippen LogP contribution in [0.4, 0.5) is 5.82 Å². The molecule has 0 radical (unpaired) electrons. The summed E-state index contributed by atoms with van der Waals surface area (Å²) in [6, 6.07) is 16.3. The second kappa shape index (κ2) is 6.18. The lowest BCUT2D eigenvalue weighted by molar-refractivity contribution is -0.127. The fourth-order valence-electron chi connectivity index (χ4n) is 3.16. The van der Waals surface area contributed by atoms with Gasteiger partial charge in [0.2, 0.25) is 5.91 Å². The molecule has 2 aromatic rings. The third-order valence-electron chi connectivity index (χ3n) is 4.27. The molecular formula is C18H21N3O. The summed E-state index contributed by atoms with van der Waals surface area (Å²) in [7, 11) is 1.89. The first-order chi connectivity index (χ1) is 10.6. The number of amides is 1. The Morgan fingerprint density at radius 2 is 1.95 bits per heavy atom.